The van der Waals surface area contributed by atoms with Gasteiger partial charge in [-0.2, -0.15) is 0 Å². The summed E-state index contributed by atoms with van der Waals surface area (Å²) in [6, 6.07) is 8.23. The van der Waals surface area contributed by atoms with Crippen LogP contribution in [0.5, 0.6) is 11.5 Å². The lowest BCUT2D eigenvalue weighted by molar-refractivity contribution is 0.0696. The number of carboxylic acid groups (broad SMARTS) is 1. The maximum absolute atomic E-state index is 12.9. The van der Waals surface area contributed by atoms with E-state index >= 15 is 0 Å². The third-order valence-corrected chi connectivity index (χ3v) is 11.1. The van der Waals surface area contributed by atoms with Gasteiger partial charge >= 0.3 is 5.97 Å². The minimum atomic E-state index is -1.27. The van der Waals surface area contributed by atoms with Gasteiger partial charge in [0.25, 0.3) is 0 Å². The highest BCUT2D eigenvalue weighted by molar-refractivity contribution is 6.53. The Bertz CT molecular complexity index is 2060. The Kier molecular flexibility index (Phi) is 7.68. The Morgan fingerprint density at radius 3 is 2.11 bits per heavy atom. The van der Waals surface area contributed by atoms with Gasteiger partial charge in [0, 0.05) is 65.2 Å². The van der Waals surface area contributed by atoms with Crippen molar-refractivity contribution in [2.75, 3.05) is 18.0 Å². The number of carbonyl (C=O) groups is 1. The molecule has 0 fully saturated rings. The van der Waals surface area contributed by atoms with Gasteiger partial charge in [-0.25, -0.2) is 9.37 Å². The van der Waals surface area contributed by atoms with Crippen molar-refractivity contribution in [2.45, 2.75) is 66.5 Å². The number of likely N-dealkylation sites (N-methyl/N-ethyl adjacent to an activating group) is 2. The SMILES string of the molecule is CCN1c2cc3c(cc2C(C)=CC1(C)C)C(c1c(Cl)c(Cl)c(Cl)c(Cl)c1C(=O)O)=c1cc2c(cc1O3)=[N+](CC)C(C)(C)C=C2C. The van der Waals surface area contributed by atoms with Gasteiger partial charge in [-0.15, -0.1) is 0 Å². The highest BCUT2D eigenvalue weighted by Gasteiger charge is 2.37. The molecule has 234 valence electrons. The third kappa shape index (κ3) is 4.73. The number of hydrogen-bond acceptors (Lipinski definition) is 3. The first kappa shape index (κ1) is 32.0. The van der Waals surface area contributed by atoms with E-state index in [0.717, 1.165) is 46.4 Å². The molecule has 3 heterocycles. The number of anilines is 1. The summed E-state index contributed by atoms with van der Waals surface area (Å²) in [6.07, 6.45) is 4.50. The lowest BCUT2D eigenvalue weighted by Crippen LogP contribution is -2.49. The smallest absolute Gasteiger partial charge is 0.337 e. The van der Waals surface area contributed by atoms with E-state index in [9.17, 15) is 9.90 Å². The van der Waals surface area contributed by atoms with Gasteiger partial charge in [-0.1, -0.05) is 52.5 Å². The van der Waals surface area contributed by atoms with Gasteiger partial charge in [-0.05, 0) is 70.9 Å². The molecule has 3 aliphatic heterocycles. The number of hydrogen-bond donors (Lipinski definition) is 1. The van der Waals surface area contributed by atoms with Crippen LogP contribution in [0.2, 0.25) is 20.1 Å². The van der Waals surface area contributed by atoms with E-state index in [2.05, 4.69) is 101 Å². The van der Waals surface area contributed by atoms with Crippen molar-refractivity contribution in [1.29, 1.82) is 0 Å². The average molecular weight is 685 g/mol. The van der Waals surface area contributed by atoms with E-state index in [0.29, 0.717) is 27.9 Å². The Balaban J connectivity index is 1.85. The van der Waals surface area contributed by atoms with Gasteiger partial charge in [0.2, 0.25) is 5.36 Å². The van der Waals surface area contributed by atoms with Crippen LogP contribution in [0.25, 0.3) is 16.7 Å². The minimum absolute atomic E-state index is 0.00804. The van der Waals surface area contributed by atoms with Crippen molar-refractivity contribution in [2.24, 2.45) is 0 Å². The van der Waals surface area contributed by atoms with Crippen LogP contribution in [-0.4, -0.2) is 35.2 Å². The molecule has 45 heavy (non-hydrogen) atoms. The standard InChI is InChI=1S/C36H34Cl4N2O3/c1-9-41-23-13-25-21(11-19(23)17(3)15-35(41,5)6)27(28-29(34(43)44)31(38)33(40)32(39)30(28)37)22-12-20-18(4)16-36(7,8)42(10-2)24(20)14-26(22)45-25/h11-16H,9-10H2,1-8H3/p+1. The molecule has 0 spiro atoms. The first-order chi connectivity index (χ1) is 21.0. The van der Waals surface area contributed by atoms with E-state index in [-0.39, 0.29) is 42.3 Å². The van der Waals surface area contributed by atoms with Crippen LogP contribution in [0.1, 0.15) is 88.0 Å². The number of aromatic carboxylic acids is 1. The molecular formula is C36H35Cl4N2O3+. The maximum Gasteiger partial charge on any atom is 0.337 e. The minimum Gasteiger partial charge on any atom is -0.478 e. The molecule has 0 bridgehead atoms. The molecule has 5 nitrogen and oxygen atoms in total. The zero-order valence-corrected chi connectivity index (χ0v) is 29.6. The molecule has 0 radical (unpaired) electrons. The first-order valence-corrected chi connectivity index (χ1v) is 16.5. The van der Waals surface area contributed by atoms with Crippen LogP contribution in [0, 0.1) is 0 Å². The van der Waals surface area contributed by atoms with Crippen molar-refractivity contribution in [3.63, 3.8) is 0 Å². The Hall–Kier alpha value is -2.96. The monoisotopic (exact) mass is 683 g/mol. The predicted octanol–water partition coefficient (Wildman–Crippen LogP) is 9.08. The number of ether oxygens (including phenoxy) is 1. The van der Waals surface area contributed by atoms with Crippen molar-refractivity contribution < 1.29 is 14.6 Å². The van der Waals surface area contributed by atoms with Crippen LogP contribution in [0.15, 0.2) is 36.4 Å². The second-order valence-corrected chi connectivity index (χ2v) is 14.5. The summed E-state index contributed by atoms with van der Waals surface area (Å²) in [5, 5.41) is 12.0. The summed E-state index contributed by atoms with van der Waals surface area (Å²) in [5.74, 6) is -0.0984. The maximum atomic E-state index is 12.9. The van der Waals surface area contributed by atoms with E-state index in [1.165, 1.54) is 0 Å². The zero-order valence-electron chi connectivity index (χ0n) is 26.5. The van der Waals surface area contributed by atoms with Gasteiger partial charge in [0.1, 0.15) is 18.0 Å². The second kappa shape index (κ2) is 10.8. The molecule has 0 aliphatic carbocycles. The van der Waals surface area contributed by atoms with E-state index in [4.69, 9.17) is 51.1 Å². The molecule has 1 N–H and O–H groups in total. The molecule has 6 rings (SSSR count). The molecule has 9 heteroatoms. The Morgan fingerprint density at radius 2 is 1.49 bits per heavy atom. The van der Waals surface area contributed by atoms with Gasteiger partial charge in [0.05, 0.1) is 37.3 Å². The van der Waals surface area contributed by atoms with Crippen molar-refractivity contribution in [3.8, 4) is 11.5 Å². The molecule has 3 aliphatic rings. The quantitative estimate of drug-likeness (QED) is 0.132. The highest BCUT2D eigenvalue weighted by atomic mass is 35.5. The van der Waals surface area contributed by atoms with Gasteiger partial charge in [-0.3, -0.25) is 0 Å². The van der Waals surface area contributed by atoms with E-state index in [1.807, 2.05) is 0 Å². The summed E-state index contributed by atoms with van der Waals surface area (Å²) in [5.41, 5.74) is 6.10. The van der Waals surface area contributed by atoms with Crippen molar-refractivity contribution in [3.05, 3.63) is 94.9 Å². The van der Waals surface area contributed by atoms with Crippen LogP contribution in [0.4, 0.5) is 5.69 Å². The second-order valence-electron chi connectivity index (χ2n) is 13.0. The molecule has 3 aromatic rings. The Labute approximate surface area is 283 Å². The van der Waals surface area contributed by atoms with Gasteiger partial charge in [0.15, 0.2) is 5.54 Å². The average Bonchev–Trinajstić information content (AvgIpc) is 2.94. The molecule has 3 aromatic carbocycles. The number of carboxylic acids is 1. The first-order valence-electron chi connectivity index (χ1n) is 15.0. The molecular weight excluding hydrogens is 650 g/mol. The fourth-order valence-corrected chi connectivity index (χ4v) is 8.55. The molecule has 0 atom stereocenters. The highest BCUT2D eigenvalue weighted by Crippen LogP contribution is 2.50. The molecule has 0 amide bonds. The predicted molar refractivity (Wildman–Crippen MR) is 188 cm³/mol. The van der Waals surface area contributed by atoms with Crippen LogP contribution in [-0.2, 0) is 0 Å². The largest absolute Gasteiger partial charge is 0.478 e. The number of nitrogens with zero attached hydrogens (tertiary/aromatic N) is 2. The van der Waals surface area contributed by atoms with Crippen molar-refractivity contribution in [1.82, 2.24) is 4.58 Å². The lowest BCUT2D eigenvalue weighted by Gasteiger charge is -2.43. The number of benzene rings is 3. The zero-order chi connectivity index (χ0) is 32.9. The fraction of sp³-hybridized carbons (Fsp3) is 0.333. The van der Waals surface area contributed by atoms with E-state index in [1.54, 1.807) is 0 Å². The third-order valence-electron chi connectivity index (χ3n) is 9.28. The number of allylic oxidation sites excluding steroid dienone is 2. The summed E-state index contributed by atoms with van der Waals surface area (Å²) in [7, 11) is 0. The summed E-state index contributed by atoms with van der Waals surface area (Å²) in [4.78, 5) is 15.2. The molecule has 0 saturated carbocycles. The Morgan fingerprint density at radius 1 is 0.844 bits per heavy atom. The number of rotatable bonds is 4. The number of fused-ring (bicyclic) bond motifs is 4. The van der Waals surface area contributed by atoms with Crippen LogP contribution >= 0.6 is 46.4 Å². The molecule has 0 aromatic heterocycles. The summed E-state index contributed by atoms with van der Waals surface area (Å²) < 4.78 is 9.12. The fourth-order valence-electron chi connectivity index (χ4n) is 7.52. The van der Waals surface area contributed by atoms with Gasteiger partial charge < -0.3 is 14.7 Å². The van der Waals surface area contributed by atoms with E-state index < -0.39 is 5.97 Å². The summed E-state index contributed by atoms with van der Waals surface area (Å²) in [6.45, 7) is 18.8. The molecule has 0 saturated heterocycles. The lowest BCUT2D eigenvalue weighted by atomic mass is 9.83. The molecule has 0 unspecified atom stereocenters. The van der Waals surface area contributed by atoms with Crippen LogP contribution < -0.4 is 24.8 Å². The van der Waals surface area contributed by atoms with Crippen molar-refractivity contribution >= 4 is 74.8 Å². The summed E-state index contributed by atoms with van der Waals surface area (Å²) >= 11 is 26.6. The normalized spacial score (nSPS) is 17.5. The number of halogens is 4. The topological polar surface area (TPSA) is 52.8 Å². The van der Waals surface area contributed by atoms with Crippen LogP contribution in [0.3, 0.4) is 0 Å².